The summed E-state index contributed by atoms with van der Waals surface area (Å²) >= 11 is 0. The lowest BCUT2D eigenvalue weighted by atomic mass is 9.79. The third-order valence-corrected chi connectivity index (χ3v) is 2.88. The van der Waals surface area contributed by atoms with Crippen molar-refractivity contribution in [2.24, 2.45) is 0 Å². The number of nitrogens with one attached hydrogen (secondary N) is 2. The Labute approximate surface area is 88.1 Å². The van der Waals surface area contributed by atoms with Gasteiger partial charge in [-0.3, -0.25) is 4.79 Å². The molecule has 1 amide bonds. The van der Waals surface area contributed by atoms with Crippen LogP contribution in [-0.2, 0) is 0 Å². The minimum absolute atomic E-state index is 0.0122. The summed E-state index contributed by atoms with van der Waals surface area (Å²) in [5, 5.41) is 2.82. The number of aryl methyl sites for hydroxylation is 1. The number of hydrogen-bond donors (Lipinski definition) is 2. The lowest BCUT2D eigenvalue weighted by Gasteiger charge is -2.38. The van der Waals surface area contributed by atoms with Crippen LogP contribution in [-0.4, -0.2) is 22.6 Å². The van der Waals surface area contributed by atoms with Gasteiger partial charge in [0.15, 0.2) is 0 Å². The summed E-state index contributed by atoms with van der Waals surface area (Å²) in [6.07, 6.45) is 2.56. The molecule has 0 atom stereocenters. The number of hydrogen-bond acceptors (Lipinski definition) is 1. The summed E-state index contributed by atoms with van der Waals surface area (Å²) in [7, 11) is 0. The second-order valence-corrected chi connectivity index (χ2v) is 4.51. The molecule has 1 fully saturated rings. The average molecular weight is 210 g/mol. The van der Waals surface area contributed by atoms with Crippen LogP contribution in [0.5, 0.6) is 0 Å². The SMILES string of the molecule is Cc1[nH]ccc1C(=O)NC1CC(C)(F)C1. The summed E-state index contributed by atoms with van der Waals surface area (Å²) in [5.74, 6) is -0.116. The average Bonchev–Trinajstić information content (AvgIpc) is 2.47. The van der Waals surface area contributed by atoms with E-state index in [4.69, 9.17) is 0 Å². The van der Waals surface area contributed by atoms with E-state index >= 15 is 0 Å². The number of rotatable bonds is 2. The van der Waals surface area contributed by atoms with E-state index in [0.29, 0.717) is 18.4 Å². The molecule has 1 aliphatic carbocycles. The Morgan fingerprint density at radius 1 is 1.67 bits per heavy atom. The minimum atomic E-state index is -1.09. The van der Waals surface area contributed by atoms with Crippen LogP contribution in [0.3, 0.4) is 0 Å². The normalized spacial score (nSPS) is 29.7. The number of amides is 1. The molecule has 0 aliphatic heterocycles. The van der Waals surface area contributed by atoms with Gasteiger partial charge in [-0.1, -0.05) is 0 Å². The molecule has 15 heavy (non-hydrogen) atoms. The fourth-order valence-corrected chi connectivity index (χ4v) is 2.03. The molecule has 0 radical (unpaired) electrons. The standard InChI is InChI=1S/C11H15FN2O/c1-7-9(3-4-13-7)10(15)14-8-5-11(2,12)6-8/h3-4,8,13H,5-6H2,1-2H3,(H,14,15). The van der Waals surface area contributed by atoms with Crippen molar-refractivity contribution in [1.29, 1.82) is 0 Å². The minimum Gasteiger partial charge on any atom is -0.365 e. The summed E-state index contributed by atoms with van der Waals surface area (Å²) in [5.41, 5.74) is 0.391. The van der Waals surface area contributed by atoms with Gasteiger partial charge in [-0.2, -0.15) is 0 Å². The molecule has 82 valence electrons. The second-order valence-electron chi connectivity index (χ2n) is 4.51. The highest BCUT2D eigenvalue weighted by Gasteiger charge is 2.41. The van der Waals surface area contributed by atoms with Gasteiger partial charge in [0, 0.05) is 30.8 Å². The zero-order valence-corrected chi connectivity index (χ0v) is 8.93. The molecular formula is C11H15FN2O. The second kappa shape index (κ2) is 3.36. The van der Waals surface area contributed by atoms with Crippen molar-refractivity contribution in [2.45, 2.75) is 38.4 Å². The van der Waals surface area contributed by atoms with Crippen LogP contribution in [0.4, 0.5) is 4.39 Å². The number of aromatic nitrogens is 1. The fourth-order valence-electron chi connectivity index (χ4n) is 2.03. The van der Waals surface area contributed by atoms with Gasteiger partial charge in [0.25, 0.3) is 5.91 Å². The number of carbonyl (C=O) groups is 1. The van der Waals surface area contributed by atoms with Gasteiger partial charge >= 0.3 is 0 Å². The third-order valence-electron chi connectivity index (χ3n) is 2.88. The van der Waals surface area contributed by atoms with Gasteiger partial charge < -0.3 is 10.3 Å². The Morgan fingerprint density at radius 2 is 2.33 bits per heavy atom. The predicted octanol–water partition coefficient (Wildman–Crippen LogP) is 1.94. The van der Waals surface area contributed by atoms with Crippen LogP contribution in [0.1, 0.15) is 35.8 Å². The molecular weight excluding hydrogens is 195 g/mol. The Bertz CT molecular complexity index is 376. The molecule has 0 bridgehead atoms. The smallest absolute Gasteiger partial charge is 0.253 e. The van der Waals surface area contributed by atoms with Crippen LogP contribution < -0.4 is 5.32 Å². The molecule has 1 heterocycles. The largest absolute Gasteiger partial charge is 0.365 e. The van der Waals surface area contributed by atoms with Crippen molar-refractivity contribution in [3.05, 3.63) is 23.5 Å². The highest BCUT2D eigenvalue weighted by molar-refractivity contribution is 5.95. The number of alkyl halides is 1. The molecule has 2 N–H and O–H groups in total. The molecule has 1 saturated carbocycles. The number of H-pyrrole nitrogens is 1. The first-order valence-electron chi connectivity index (χ1n) is 5.12. The predicted molar refractivity (Wildman–Crippen MR) is 55.5 cm³/mol. The maximum absolute atomic E-state index is 13.2. The number of aromatic amines is 1. The van der Waals surface area contributed by atoms with E-state index in [0.717, 1.165) is 5.69 Å². The molecule has 0 spiro atoms. The topological polar surface area (TPSA) is 44.9 Å². The lowest BCUT2D eigenvalue weighted by molar-refractivity contribution is 0.0445. The van der Waals surface area contributed by atoms with Crippen molar-refractivity contribution >= 4 is 5.91 Å². The van der Waals surface area contributed by atoms with Gasteiger partial charge in [0.2, 0.25) is 0 Å². The first-order chi connectivity index (χ1) is 6.98. The molecule has 0 unspecified atom stereocenters. The van der Waals surface area contributed by atoms with Crippen LogP contribution in [0.15, 0.2) is 12.3 Å². The highest BCUT2D eigenvalue weighted by Crippen LogP contribution is 2.35. The Morgan fingerprint density at radius 3 is 2.80 bits per heavy atom. The lowest BCUT2D eigenvalue weighted by Crippen LogP contribution is -2.51. The van der Waals surface area contributed by atoms with Crippen LogP contribution >= 0.6 is 0 Å². The Balaban J connectivity index is 1.92. The van der Waals surface area contributed by atoms with Crippen LogP contribution in [0, 0.1) is 6.92 Å². The van der Waals surface area contributed by atoms with E-state index in [2.05, 4.69) is 10.3 Å². The van der Waals surface area contributed by atoms with E-state index in [1.54, 1.807) is 19.2 Å². The summed E-state index contributed by atoms with van der Waals surface area (Å²) < 4.78 is 13.2. The molecule has 3 nitrogen and oxygen atoms in total. The monoisotopic (exact) mass is 210 g/mol. The first kappa shape index (κ1) is 10.2. The number of carbonyl (C=O) groups excluding carboxylic acids is 1. The summed E-state index contributed by atoms with van der Waals surface area (Å²) in [6.45, 7) is 3.41. The maximum Gasteiger partial charge on any atom is 0.253 e. The first-order valence-corrected chi connectivity index (χ1v) is 5.12. The van der Waals surface area contributed by atoms with E-state index in [9.17, 15) is 9.18 Å². The van der Waals surface area contributed by atoms with E-state index in [-0.39, 0.29) is 11.9 Å². The van der Waals surface area contributed by atoms with Crippen molar-refractivity contribution < 1.29 is 9.18 Å². The van der Waals surface area contributed by atoms with Crippen molar-refractivity contribution in [1.82, 2.24) is 10.3 Å². The van der Waals surface area contributed by atoms with Crippen molar-refractivity contribution in [2.75, 3.05) is 0 Å². The van der Waals surface area contributed by atoms with Gasteiger partial charge in [-0.05, 0) is 19.9 Å². The fraction of sp³-hybridized carbons (Fsp3) is 0.545. The van der Waals surface area contributed by atoms with E-state index in [1.165, 1.54) is 0 Å². The summed E-state index contributed by atoms with van der Waals surface area (Å²) in [4.78, 5) is 14.6. The van der Waals surface area contributed by atoms with Crippen molar-refractivity contribution in [3.8, 4) is 0 Å². The molecule has 1 aromatic rings. The van der Waals surface area contributed by atoms with Gasteiger partial charge in [-0.15, -0.1) is 0 Å². The molecule has 0 aromatic carbocycles. The Kier molecular flexibility index (Phi) is 2.29. The molecule has 4 heteroatoms. The van der Waals surface area contributed by atoms with Crippen molar-refractivity contribution in [3.63, 3.8) is 0 Å². The summed E-state index contributed by atoms with van der Waals surface area (Å²) in [6, 6.07) is 1.72. The zero-order valence-electron chi connectivity index (χ0n) is 8.93. The van der Waals surface area contributed by atoms with Gasteiger partial charge in [-0.25, -0.2) is 4.39 Å². The van der Waals surface area contributed by atoms with Gasteiger partial charge in [0.1, 0.15) is 5.67 Å². The van der Waals surface area contributed by atoms with E-state index < -0.39 is 5.67 Å². The highest BCUT2D eigenvalue weighted by atomic mass is 19.1. The zero-order chi connectivity index (χ0) is 11.1. The molecule has 2 rings (SSSR count). The van der Waals surface area contributed by atoms with E-state index in [1.807, 2.05) is 6.92 Å². The molecule has 1 aliphatic rings. The third kappa shape index (κ3) is 2.03. The van der Waals surface area contributed by atoms with Crippen LogP contribution in [0.2, 0.25) is 0 Å². The number of halogens is 1. The maximum atomic E-state index is 13.2. The van der Waals surface area contributed by atoms with Gasteiger partial charge in [0.05, 0.1) is 5.56 Å². The molecule has 1 aromatic heterocycles. The Hall–Kier alpha value is -1.32. The van der Waals surface area contributed by atoms with Crippen LogP contribution in [0.25, 0.3) is 0 Å². The molecule has 0 saturated heterocycles. The quantitative estimate of drug-likeness (QED) is 0.769.